The summed E-state index contributed by atoms with van der Waals surface area (Å²) < 4.78 is 35.6. The molecule has 1 aromatic rings. The van der Waals surface area contributed by atoms with Crippen LogP contribution >= 0.6 is 11.8 Å². The predicted molar refractivity (Wildman–Crippen MR) is 65.4 cm³/mol. The molecule has 0 radical (unpaired) electrons. The number of halogens is 3. The molecule has 0 saturated carbocycles. The summed E-state index contributed by atoms with van der Waals surface area (Å²) in [5.41, 5.74) is -4.17. The Labute approximate surface area is 102 Å². The van der Waals surface area contributed by atoms with Crippen molar-refractivity contribution in [2.24, 2.45) is 0 Å². The van der Waals surface area contributed by atoms with Crippen molar-refractivity contribution in [2.45, 2.75) is 12.4 Å². The average Bonchev–Trinajstić information content (AvgIpc) is 2.24. The minimum Gasteiger partial charge on any atom is -0.370 e. The van der Waals surface area contributed by atoms with Crippen molar-refractivity contribution in [1.29, 1.82) is 0 Å². The number of hydrogen-bond acceptors (Lipinski definition) is 4. The van der Waals surface area contributed by atoms with Crippen molar-refractivity contribution in [1.82, 2.24) is 4.98 Å². The van der Waals surface area contributed by atoms with Crippen molar-refractivity contribution >= 4 is 23.4 Å². The van der Waals surface area contributed by atoms with Crippen molar-refractivity contribution < 1.29 is 13.2 Å². The van der Waals surface area contributed by atoms with E-state index in [0.29, 0.717) is 11.6 Å². The molecule has 7 heteroatoms. The van der Waals surface area contributed by atoms with Crippen molar-refractivity contribution in [3.8, 4) is 0 Å². The summed E-state index contributed by atoms with van der Waals surface area (Å²) in [5, 5.41) is 5.87. The zero-order valence-electron chi connectivity index (χ0n) is 9.34. The van der Waals surface area contributed by atoms with Gasteiger partial charge in [-0.15, -0.1) is 0 Å². The lowest BCUT2D eigenvalue weighted by molar-refractivity contribution is -0.0327. The van der Waals surface area contributed by atoms with Crippen LogP contribution in [0.3, 0.4) is 0 Å². The maximum atomic E-state index is 11.9. The molecule has 0 aliphatic heterocycles. The third kappa shape index (κ3) is 6.25. The van der Waals surface area contributed by atoms with Crippen LogP contribution in [-0.2, 0) is 0 Å². The van der Waals surface area contributed by atoms with Gasteiger partial charge in [0.2, 0.25) is 0 Å². The summed E-state index contributed by atoms with van der Waals surface area (Å²) >= 11 is -0.0386. The van der Waals surface area contributed by atoms with Gasteiger partial charge in [-0.05, 0) is 30.8 Å². The lowest BCUT2D eigenvalue weighted by Gasteiger charge is -2.09. The number of hydrogen-bond donors (Lipinski definition) is 2. The van der Waals surface area contributed by atoms with Gasteiger partial charge < -0.3 is 10.6 Å². The zero-order valence-corrected chi connectivity index (χ0v) is 10.2. The monoisotopic (exact) mass is 265 g/mol. The van der Waals surface area contributed by atoms with Gasteiger partial charge in [0.25, 0.3) is 0 Å². The summed E-state index contributed by atoms with van der Waals surface area (Å²) in [4.78, 5) is 4.18. The molecular formula is C10H14F3N3S. The van der Waals surface area contributed by atoms with E-state index in [1.807, 2.05) is 6.92 Å². The van der Waals surface area contributed by atoms with Crippen LogP contribution < -0.4 is 10.6 Å². The highest BCUT2D eigenvalue weighted by Gasteiger charge is 2.27. The maximum Gasteiger partial charge on any atom is 0.441 e. The van der Waals surface area contributed by atoms with Gasteiger partial charge in [0.05, 0.1) is 0 Å². The molecule has 0 unspecified atom stereocenters. The zero-order chi connectivity index (χ0) is 12.7. The van der Waals surface area contributed by atoms with E-state index in [0.717, 1.165) is 6.54 Å². The van der Waals surface area contributed by atoms with Gasteiger partial charge in [0, 0.05) is 18.8 Å². The second kappa shape index (κ2) is 6.58. The third-order valence-corrected chi connectivity index (χ3v) is 2.52. The van der Waals surface area contributed by atoms with Crippen LogP contribution in [0.1, 0.15) is 6.92 Å². The smallest absolute Gasteiger partial charge is 0.370 e. The fourth-order valence-electron chi connectivity index (χ4n) is 1.16. The Balaban J connectivity index is 2.34. The molecule has 1 rings (SSSR count). The summed E-state index contributed by atoms with van der Waals surface area (Å²) in [6, 6.07) is 5.32. The number of alkyl halides is 3. The molecule has 1 aromatic heterocycles. The molecule has 3 nitrogen and oxygen atoms in total. The highest BCUT2D eigenvalue weighted by molar-refractivity contribution is 8.00. The Morgan fingerprint density at radius 3 is 2.47 bits per heavy atom. The number of nitrogens with one attached hydrogen (secondary N) is 2. The number of rotatable bonds is 6. The van der Waals surface area contributed by atoms with E-state index in [1.54, 1.807) is 18.2 Å². The number of pyridine rings is 1. The van der Waals surface area contributed by atoms with Crippen LogP contribution in [0.5, 0.6) is 0 Å². The van der Waals surface area contributed by atoms with E-state index in [4.69, 9.17) is 0 Å². The van der Waals surface area contributed by atoms with Gasteiger partial charge in [-0.2, -0.15) is 13.2 Å². The molecule has 0 amide bonds. The molecule has 0 aliphatic carbocycles. The van der Waals surface area contributed by atoms with Crippen LogP contribution in [0.15, 0.2) is 18.2 Å². The van der Waals surface area contributed by atoms with Gasteiger partial charge in [-0.3, -0.25) is 0 Å². The Kier molecular flexibility index (Phi) is 5.40. The van der Waals surface area contributed by atoms with Gasteiger partial charge in [0.15, 0.2) is 0 Å². The lowest BCUT2D eigenvalue weighted by atomic mass is 10.4. The number of aromatic nitrogens is 1. The molecule has 0 spiro atoms. The van der Waals surface area contributed by atoms with E-state index < -0.39 is 5.51 Å². The highest BCUT2D eigenvalue weighted by Crippen LogP contribution is 2.29. The molecule has 2 N–H and O–H groups in total. The predicted octanol–water partition coefficient (Wildman–Crippen LogP) is 3.18. The fourth-order valence-corrected chi connectivity index (χ4v) is 1.59. The second-order valence-corrected chi connectivity index (χ2v) is 4.32. The van der Waals surface area contributed by atoms with Crippen LogP contribution in [0.25, 0.3) is 0 Å². The molecule has 0 fully saturated rings. The summed E-state index contributed by atoms with van der Waals surface area (Å²) in [7, 11) is 0. The molecule has 0 bridgehead atoms. The minimum atomic E-state index is -4.17. The quantitative estimate of drug-likeness (QED) is 0.775. The molecule has 0 aliphatic rings. The van der Waals surface area contributed by atoms with Gasteiger partial charge >= 0.3 is 5.51 Å². The summed E-state index contributed by atoms with van der Waals surface area (Å²) in [6.45, 7) is 2.93. The molecule has 96 valence electrons. The topological polar surface area (TPSA) is 37.0 Å². The Morgan fingerprint density at radius 2 is 1.88 bits per heavy atom. The fraction of sp³-hybridized carbons (Fsp3) is 0.500. The number of anilines is 2. The standard InChI is InChI=1S/C10H14F3N3S/c1-2-14-8-4-3-5-9(16-8)15-6-7-17-10(11,12)13/h3-5H,2,6-7H2,1H3,(H2,14,15,16). The van der Waals surface area contributed by atoms with E-state index >= 15 is 0 Å². The Morgan fingerprint density at radius 1 is 1.24 bits per heavy atom. The highest BCUT2D eigenvalue weighted by atomic mass is 32.2. The van der Waals surface area contributed by atoms with Crippen LogP contribution in [0.4, 0.5) is 24.8 Å². The third-order valence-electron chi connectivity index (χ3n) is 1.78. The van der Waals surface area contributed by atoms with Crippen molar-refractivity contribution in [2.75, 3.05) is 29.5 Å². The van der Waals surface area contributed by atoms with E-state index in [-0.39, 0.29) is 24.1 Å². The van der Waals surface area contributed by atoms with Crippen LogP contribution in [0, 0.1) is 0 Å². The SMILES string of the molecule is CCNc1cccc(NCCSC(F)(F)F)n1. The van der Waals surface area contributed by atoms with Gasteiger partial charge in [-0.1, -0.05) is 6.07 Å². The maximum absolute atomic E-state index is 11.9. The molecule has 0 aromatic carbocycles. The Hall–Kier alpha value is -1.11. The largest absolute Gasteiger partial charge is 0.441 e. The first kappa shape index (κ1) is 14.0. The molecule has 0 atom stereocenters. The number of thioether (sulfide) groups is 1. The van der Waals surface area contributed by atoms with E-state index in [1.165, 1.54) is 0 Å². The van der Waals surface area contributed by atoms with Gasteiger partial charge in [0.1, 0.15) is 11.6 Å². The molecule has 0 saturated heterocycles. The van der Waals surface area contributed by atoms with E-state index in [2.05, 4.69) is 15.6 Å². The first-order valence-electron chi connectivity index (χ1n) is 5.17. The normalized spacial score (nSPS) is 11.3. The second-order valence-electron chi connectivity index (χ2n) is 3.16. The first-order valence-corrected chi connectivity index (χ1v) is 6.15. The number of nitrogens with zero attached hydrogens (tertiary/aromatic N) is 1. The van der Waals surface area contributed by atoms with Crippen LogP contribution in [0.2, 0.25) is 0 Å². The molecular weight excluding hydrogens is 251 g/mol. The van der Waals surface area contributed by atoms with E-state index in [9.17, 15) is 13.2 Å². The summed E-state index contributed by atoms with van der Waals surface area (Å²) in [5.74, 6) is 1.25. The van der Waals surface area contributed by atoms with Gasteiger partial charge in [-0.25, -0.2) is 4.98 Å². The molecule has 1 heterocycles. The van der Waals surface area contributed by atoms with Crippen molar-refractivity contribution in [3.63, 3.8) is 0 Å². The lowest BCUT2D eigenvalue weighted by Crippen LogP contribution is -2.10. The van der Waals surface area contributed by atoms with Crippen molar-refractivity contribution in [3.05, 3.63) is 18.2 Å². The average molecular weight is 265 g/mol. The Bertz CT molecular complexity index is 344. The first-order chi connectivity index (χ1) is 8.01. The molecule has 17 heavy (non-hydrogen) atoms. The summed E-state index contributed by atoms with van der Waals surface area (Å²) in [6.07, 6.45) is 0. The van der Waals surface area contributed by atoms with Crippen LogP contribution in [-0.4, -0.2) is 29.3 Å². The minimum absolute atomic E-state index is 0.0311.